The molecule has 0 spiro atoms. The maximum absolute atomic E-state index is 11.5. The molecule has 0 aromatic carbocycles. The minimum Gasteiger partial charge on any atom is -0.350 e. The summed E-state index contributed by atoms with van der Waals surface area (Å²) in [5, 5.41) is 8.14. The van der Waals surface area contributed by atoms with Crippen molar-refractivity contribution in [1.29, 1.82) is 0 Å². The van der Waals surface area contributed by atoms with Crippen LogP contribution in [0.4, 0.5) is 0 Å². The smallest absolute Gasteiger partial charge is 0.221 e. The summed E-state index contributed by atoms with van der Waals surface area (Å²) in [6.07, 6.45) is 2.89. The topological polar surface area (TPSA) is 54.0 Å². The third-order valence-corrected chi connectivity index (χ3v) is 3.18. The quantitative estimate of drug-likeness (QED) is 0.890. The van der Waals surface area contributed by atoms with E-state index in [0.29, 0.717) is 19.0 Å². The molecule has 7 heteroatoms. The van der Waals surface area contributed by atoms with Gasteiger partial charge in [0.25, 0.3) is 0 Å². The molecule has 1 unspecified atom stereocenters. The van der Waals surface area contributed by atoms with Gasteiger partial charge in [-0.1, -0.05) is 0 Å². The largest absolute Gasteiger partial charge is 0.350 e. The number of nitrogens with one attached hydrogen (secondary N) is 2. The van der Waals surface area contributed by atoms with Gasteiger partial charge in [-0.2, -0.15) is 0 Å². The van der Waals surface area contributed by atoms with Crippen LogP contribution in [0, 0.1) is 0 Å². The van der Waals surface area contributed by atoms with E-state index >= 15 is 0 Å². The summed E-state index contributed by atoms with van der Waals surface area (Å²) in [7, 11) is 0. The number of hydrogen-bond acceptors (Lipinski definition) is 4. The molecule has 0 bridgehead atoms. The van der Waals surface area contributed by atoms with E-state index in [2.05, 4.69) is 15.6 Å². The first-order chi connectivity index (χ1) is 7.34. The number of thiazole rings is 1. The van der Waals surface area contributed by atoms with Crippen LogP contribution in [-0.4, -0.2) is 23.5 Å². The Morgan fingerprint density at radius 2 is 2.41 bits per heavy atom. The van der Waals surface area contributed by atoms with Crippen LogP contribution in [-0.2, 0) is 11.3 Å². The number of aromatic nitrogens is 1. The molecule has 1 saturated heterocycles. The van der Waals surface area contributed by atoms with Crippen molar-refractivity contribution in [2.45, 2.75) is 31.8 Å². The Balaban J connectivity index is 0.00000128. The minimum absolute atomic E-state index is 0. The Labute approximate surface area is 117 Å². The van der Waals surface area contributed by atoms with Crippen molar-refractivity contribution in [3.63, 3.8) is 0 Å². The predicted molar refractivity (Wildman–Crippen MR) is 74.1 cm³/mol. The number of nitrogens with zero attached hydrogens (tertiary/aromatic N) is 1. The van der Waals surface area contributed by atoms with E-state index in [1.54, 1.807) is 16.8 Å². The molecule has 1 fully saturated rings. The highest BCUT2D eigenvalue weighted by atomic mass is 35.5. The molecular weight excluding hydrogens is 281 g/mol. The number of amides is 1. The SMILES string of the molecule is Cl.Cl.O=C(CC1CCCN1)NCc1cscn1. The van der Waals surface area contributed by atoms with Crippen molar-refractivity contribution in [1.82, 2.24) is 15.6 Å². The van der Waals surface area contributed by atoms with Crippen LogP contribution in [0.5, 0.6) is 0 Å². The van der Waals surface area contributed by atoms with Gasteiger partial charge in [0.05, 0.1) is 17.7 Å². The van der Waals surface area contributed by atoms with Gasteiger partial charge in [0.1, 0.15) is 0 Å². The minimum atomic E-state index is 0. The number of hydrogen-bond donors (Lipinski definition) is 2. The Bertz CT molecular complexity index is 315. The lowest BCUT2D eigenvalue weighted by molar-refractivity contribution is -0.121. The summed E-state index contributed by atoms with van der Waals surface area (Å²) in [5.74, 6) is 0.113. The van der Waals surface area contributed by atoms with Crippen molar-refractivity contribution in [2.24, 2.45) is 0 Å². The van der Waals surface area contributed by atoms with Gasteiger partial charge in [0.2, 0.25) is 5.91 Å². The first kappa shape index (κ1) is 16.6. The second-order valence-electron chi connectivity index (χ2n) is 3.75. The molecule has 98 valence electrons. The zero-order valence-corrected chi connectivity index (χ0v) is 11.8. The van der Waals surface area contributed by atoms with Crippen LogP contribution in [0.25, 0.3) is 0 Å². The Kier molecular flexibility index (Phi) is 8.51. The summed E-state index contributed by atoms with van der Waals surface area (Å²) in [4.78, 5) is 15.6. The zero-order chi connectivity index (χ0) is 10.5. The lowest BCUT2D eigenvalue weighted by Gasteiger charge is -2.09. The fraction of sp³-hybridized carbons (Fsp3) is 0.600. The molecule has 1 aliphatic heterocycles. The maximum Gasteiger partial charge on any atom is 0.221 e. The van der Waals surface area contributed by atoms with E-state index in [-0.39, 0.29) is 30.7 Å². The van der Waals surface area contributed by atoms with Gasteiger partial charge >= 0.3 is 0 Å². The van der Waals surface area contributed by atoms with E-state index in [1.807, 2.05) is 5.38 Å². The van der Waals surface area contributed by atoms with E-state index in [1.165, 1.54) is 6.42 Å². The van der Waals surface area contributed by atoms with Crippen LogP contribution < -0.4 is 10.6 Å². The Morgan fingerprint density at radius 1 is 1.59 bits per heavy atom. The molecule has 1 aromatic rings. The van der Waals surface area contributed by atoms with Crippen LogP contribution in [0.15, 0.2) is 10.9 Å². The van der Waals surface area contributed by atoms with E-state index in [4.69, 9.17) is 0 Å². The highest BCUT2D eigenvalue weighted by molar-refractivity contribution is 7.07. The molecule has 0 aliphatic carbocycles. The van der Waals surface area contributed by atoms with Crippen LogP contribution in [0.3, 0.4) is 0 Å². The Morgan fingerprint density at radius 3 is 3.00 bits per heavy atom. The molecule has 4 nitrogen and oxygen atoms in total. The second-order valence-corrected chi connectivity index (χ2v) is 4.47. The van der Waals surface area contributed by atoms with Gasteiger partial charge < -0.3 is 10.6 Å². The van der Waals surface area contributed by atoms with Crippen molar-refractivity contribution in [2.75, 3.05) is 6.54 Å². The van der Waals surface area contributed by atoms with E-state index in [0.717, 1.165) is 18.7 Å². The van der Waals surface area contributed by atoms with Crippen LogP contribution >= 0.6 is 36.2 Å². The van der Waals surface area contributed by atoms with Gasteiger partial charge in [-0.15, -0.1) is 36.2 Å². The summed E-state index contributed by atoms with van der Waals surface area (Å²) in [5.41, 5.74) is 2.72. The molecule has 2 heterocycles. The van der Waals surface area contributed by atoms with Crippen molar-refractivity contribution < 1.29 is 4.79 Å². The second kappa shape index (κ2) is 8.69. The summed E-state index contributed by atoms with van der Waals surface area (Å²) in [6, 6.07) is 0.375. The highest BCUT2D eigenvalue weighted by Gasteiger charge is 2.17. The normalized spacial score (nSPS) is 18.0. The van der Waals surface area contributed by atoms with Gasteiger partial charge in [0.15, 0.2) is 0 Å². The first-order valence-corrected chi connectivity index (χ1v) is 6.16. The van der Waals surface area contributed by atoms with Gasteiger partial charge in [-0.05, 0) is 19.4 Å². The van der Waals surface area contributed by atoms with Crippen molar-refractivity contribution >= 4 is 42.1 Å². The predicted octanol–water partition coefficient (Wildman–Crippen LogP) is 1.74. The van der Waals surface area contributed by atoms with Crippen molar-refractivity contribution in [3.05, 3.63) is 16.6 Å². The van der Waals surface area contributed by atoms with Crippen molar-refractivity contribution in [3.8, 4) is 0 Å². The van der Waals surface area contributed by atoms with Crippen LogP contribution in [0.2, 0.25) is 0 Å². The third kappa shape index (κ3) is 5.68. The molecule has 0 saturated carbocycles. The lowest BCUT2D eigenvalue weighted by atomic mass is 10.1. The average Bonchev–Trinajstić information content (AvgIpc) is 2.86. The lowest BCUT2D eigenvalue weighted by Crippen LogP contribution is -2.31. The number of halogens is 2. The van der Waals surface area contributed by atoms with Gasteiger partial charge in [-0.3, -0.25) is 4.79 Å². The average molecular weight is 298 g/mol. The first-order valence-electron chi connectivity index (χ1n) is 5.22. The molecule has 17 heavy (non-hydrogen) atoms. The molecule has 0 radical (unpaired) electrons. The fourth-order valence-corrected chi connectivity index (χ4v) is 2.30. The molecule has 2 N–H and O–H groups in total. The number of carbonyl (C=O) groups excluding carboxylic acids is 1. The zero-order valence-electron chi connectivity index (χ0n) is 9.35. The third-order valence-electron chi connectivity index (χ3n) is 2.54. The van der Waals surface area contributed by atoms with Gasteiger partial charge in [0, 0.05) is 17.8 Å². The standard InChI is InChI=1S/C10H15N3OS.2ClH/c14-10(4-8-2-1-3-11-8)12-5-9-6-15-7-13-9;;/h6-8,11H,1-5H2,(H,12,14);2*1H. The fourth-order valence-electron chi connectivity index (χ4n) is 1.74. The van der Waals surface area contributed by atoms with Gasteiger partial charge in [-0.25, -0.2) is 4.98 Å². The molecule has 1 aliphatic rings. The number of carbonyl (C=O) groups is 1. The van der Waals surface area contributed by atoms with Crippen LogP contribution in [0.1, 0.15) is 25.0 Å². The maximum atomic E-state index is 11.5. The molecular formula is C10H17Cl2N3OS. The van der Waals surface area contributed by atoms with E-state index in [9.17, 15) is 4.79 Å². The monoisotopic (exact) mass is 297 g/mol. The number of rotatable bonds is 4. The Hall–Kier alpha value is -0.360. The molecule has 1 atom stereocenters. The molecule has 2 rings (SSSR count). The summed E-state index contributed by atoms with van der Waals surface area (Å²) < 4.78 is 0. The van der Waals surface area contributed by atoms with E-state index < -0.39 is 0 Å². The summed E-state index contributed by atoms with van der Waals surface area (Å²) in [6.45, 7) is 1.60. The summed E-state index contributed by atoms with van der Waals surface area (Å²) >= 11 is 1.55. The molecule has 1 aromatic heterocycles. The molecule has 1 amide bonds. The highest BCUT2D eigenvalue weighted by Crippen LogP contribution is 2.08.